The van der Waals surface area contributed by atoms with E-state index in [1.54, 1.807) is 41.4 Å². The molecule has 2 aliphatic heterocycles. The summed E-state index contributed by atoms with van der Waals surface area (Å²) >= 11 is 5.81. The molecule has 124 valence electrons. The van der Waals surface area contributed by atoms with Crippen LogP contribution in [0.15, 0.2) is 48.7 Å². The van der Waals surface area contributed by atoms with Crippen molar-refractivity contribution in [3.05, 3.63) is 59.3 Å². The van der Waals surface area contributed by atoms with Gasteiger partial charge in [-0.05, 0) is 36.8 Å². The molecule has 1 aromatic carbocycles. The molecule has 0 saturated carbocycles. The zero-order chi connectivity index (χ0) is 17.3. The number of carbonyl (C=O) groups is 3. The zero-order valence-corrected chi connectivity index (χ0v) is 13.8. The van der Waals surface area contributed by atoms with Gasteiger partial charge >= 0.3 is 5.97 Å². The van der Waals surface area contributed by atoms with Crippen LogP contribution in [0.5, 0.6) is 0 Å². The minimum Gasteiger partial charge on any atom is -0.469 e. The molecule has 2 aliphatic rings. The van der Waals surface area contributed by atoms with Crippen molar-refractivity contribution in [3.63, 3.8) is 0 Å². The van der Waals surface area contributed by atoms with Crippen molar-refractivity contribution in [2.45, 2.75) is 18.5 Å². The van der Waals surface area contributed by atoms with E-state index in [1.807, 2.05) is 0 Å². The van der Waals surface area contributed by atoms with E-state index in [1.165, 1.54) is 19.3 Å². The Hall–Kier alpha value is -2.40. The lowest BCUT2D eigenvalue weighted by atomic mass is 10.0. The summed E-state index contributed by atoms with van der Waals surface area (Å²) in [6.45, 7) is 0. The van der Waals surface area contributed by atoms with E-state index in [2.05, 4.69) is 0 Å². The number of carbonyl (C=O) groups excluding carboxylic acids is 3. The second-order valence-electron chi connectivity index (χ2n) is 5.77. The number of allylic oxidation sites excluding steroid dienone is 1. The quantitative estimate of drug-likeness (QED) is 0.476. The summed E-state index contributed by atoms with van der Waals surface area (Å²) in [5.41, 5.74) is 0.506. The van der Waals surface area contributed by atoms with Crippen molar-refractivity contribution in [1.82, 2.24) is 4.90 Å². The number of esters is 1. The van der Waals surface area contributed by atoms with Gasteiger partial charge in [0.05, 0.1) is 25.1 Å². The van der Waals surface area contributed by atoms with Crippen LogP contribution < -0.4 is 0 Å². The van der Waals surface area contributed by atoms with Crippen molar-refractivity contribution in [3.8, 4) is 0 Å². The van der Waals surface area contributed by atoms with Gasteiger partial charge in [-0.15, -0.1) is 0 Å². The molecule has 0 spiro atoms. The molecule has 1 fully saturated rings. The maximum absolute atomic E-state index is 12.2. The van der Waals surface area contributed by atoms with Gasteiger partial charge in [0.25, 0.3) is 0 Å². The van der Waals surface area contributed by atoms with Crippen LogP contribution in [0.2, 0.25) is 5.02 Å². The highest BCUT2D eigenvalue weighted by molar-refractivity contribution is 6.30. The van der Waals surface area contributed by atoms with Gasteiger partial charge in [0, 0.05) is 22.9 Å². The minimum absolute atomic E-state index is 0.0683. The van der Waals surface area contributed by atoms with Gasteiger partial charge in [-0.25, -0.2) is 0 Å². The first-order valence-electron chi connectivity index (χ1n) is 7.56. The third-order valence-corrected chi connectivity index (χ3v) is 4.66. The number of ketones is 2. The molecule has 0 N–H and O–H groups in total. The highest BCUT2D eigenvalue weighted by atomic mass is 35.5. The second kappa shape index (κ2) is 6.61. The SMILES string of the molecule is COC(=O)[C@H]1CC2C(=O)C=CC1N2/C=C/C(=O)c1ccc(Cl)cc1. The molecule has 3 rings (SSSR count). The van der Waals surface area contributed by atoms with Crippen LogP contribution in [0.3, 0.4) is 0 Å². The lowest BCUT2D eigenvalue weighted by Crippen LogP contribution is -2.40. The lowest BCUT2D eigenvalue weighted by molar-refractivity contribution is -0.145. The standard InChI is InChI=1S/C18H16ClNO4/c1-24-18(23)13-10-15-17(22)7-6-14(13)20(15)9-8-16(21)11-2-4-12(19)5-3-11/h2-9,13-15H,10H2,1H3/b9-8+/t13-,14?,15?/m0/s1. The Morgan fingerprint density at radius 3 is 2.67 bits per heavy atom. The molecule has 1 aromatic rings. The molecule has 2 heterocycles. The Morgan fingerprint density at radius 2 is 2.00 bits per heavy atom. The first-order chi connectivity index (χ1) is 11.5. The summed E-state index contributed by atoms with van der Waals surface area (Å²) in [4.78, 5) is 38.0. The normalized spacial score (nSPS) is 25.3. The highest BCUT2D eigenvalue weighted by Crippen LogP contribution is 2.35. The maximum Gasteiger partial charge on any atom is 0.311 e. The number of rotatable bonds is 4. The number of hydrogen-bond donors (Lipinski definition) is 0. The van der Waals surface area contributed by atoms with Gasteiger partial charge in [0.1, 0.15) is 0 Å². The van der Waals surface area contributed by atoms with Crippen LogP contribution in [0.4, 0.5) is 0 Å². The van der Waals surface area contributed by atoms with Crippen LogP contribution in [0.25, 0.3) is 0 Å². The fourth-order valence-electron chi connectivity index (χ4n) is 3.17. The molecular formula is C18H16ClNO4. The monoisotopic (exact) mass is 345 g/mol. The van der Waals surface area contributed by atoms with E-state index in [9.17, 15) is 14.4 Å². The topological polar surface area (TPSA) is 63.7 Å². The third kappa shape index (κ3) is 2.99. The molecule has 24 heavy (non-hydrogen) atoms. The minimum atomic E-state index is -0.432. The number of nitrogens with zero attached hydrogens (tertiary/aromatic N) is 1. The van der Waals surface area contributed by atoms with E-state index in [0.717, 1.165) is 0 Å². The molecule has 5 nitrogen and oxygen atoms in total. The molecule has 6 heteroatoms. The van der Waals surface area contributed by atoms with E-state index >= 15 is 0 Å². The Labute approximate surface area is 144 Å². The zero-order valence-electron chi connectivity index (χ0n) is 13.0. The summed E-state index contributed by atoms with van der Waals surface area (Å²) in [6.07, 6.45) is 6.60. The number of benzene rings is 1. The van der Waals surface area contributed by atoms with Gasteiger partial charge < -0.3 is 9.64 Å². The van der Waals surface area contributed by atoms with E-state index in [-0.39, 0.29) is 23.6 Å². The van der Waals surface area contributed by atoms with Crippen molar-refractivity contribution >= 4 is 29.1 Å². The van der Waals surface area contributed by atoms with Crippen LogP contribution in [0.1, 0.15) is 16.8 Å². The van der Waals surface area contributed by atoms with Crippen LogP contribution in [0, 0.1) is 5.92 Å². The van der Waals surface area contributed by atoms with Crippen molar-refractivity contribution < 1.29 is 19.1 Å². The number of hydrogen-bond acceptors (Lipinski definition) is 5. The molecule has 0 amide bonds. The number of fused-ring (bicyclic) bond motifs is 2. The predicted molar refractivity (Wildman–Crippen MR) is 88.6 cm³/mol. The fraction of sp³-hybridized carbons (Fsp3) is 0.278. The van der Waals surface area contributed by atoms with Crippen molar-refractivity contribution in [2.75, 3.05) is 7.11 Å². The van der Waals surface area contributed by atoms with Gasteiger partial charge in [-0.3, -0.25) is 14.4 Å². The maximum atomic E-state index is 12.2. The van der Waals surface area contributed by atoms with Crippen LogP contribution in [-0.4, -0.2) is 41.6 Å². The van der Waals surface area contributed by atoms with Gasteiger partial charge in [-0.2, -0.15) is 0 Å². The third-order valence-electron chi connectivity index (χ3n) is 4.41. The summed E-state index contributed by atoms with van der Waals surface area (Å²) in [7, 11) is 1.33. The Morgan fingerprint density at radius 1 is 1.29 bits per heavy atom. The molecule has 0 aromatic heterocycles. The highest BCUT2D eigenvalue weighted by Gasteiger charge is 2.47. The Balaban J connectivity index is 1.80. The first-order valence-corrected chi connectivity index (χ1v) is 7.94. The van der Waals surface area contributed by atoms with Crippen molar-refractivity contribution in [2.24, 2.45) is 5.92 Å². The van der Waals surface area contributed by atoms with E-state index in [4.69, 9.17) is 16.3 Å². The fourth-order valence-corrected chi connectivity index (χ4v) is 3.30. The van der Waals surface area contributed by atoms with Gasteiger partial charge in [-0.1, -0.05) is 17.7 Å². The summed E-state index contributed by atoms with van der Waals surface area (Å²) in [6, 6.07) is 5.87. The molecular weight excluding hydrogens is 330 g/mol. The smallest absolute Gasteiger partial charge is 0.311 e. The van der Waals surface area contributed by atoms with Crippen LogP contribution >= 0.6 is 11.6 Å². The summed E-state index contributed by atoms with van der Waals surface area (Å²) in [5, 5.41) is 0.557. The number of ether oxygens (including phenoxy) is 1. The average Bonchev–Trinajstić information content (AvgIpc) is 2.86. The lowest BCUT2D eigenvalue weighted by Gasteiger charge is -2.29. The summed E-state index contributed by atoms with van der Waals surface area (Å²) in [5.74, 6) is -1.01. The summed E-state index contributed by atoms with van der Waals surface area (Å²) < 4.78 is 4.82. The molecule has 2 unspecified atom stereocenters. The first kappa shape index (κ1) is 16.5. The number of methoxy groups -OCH3 is 1. The Kier molecular flexibility index (Phi) is 4.53. The predicted octanol–water partition coefficient (Wildman–Crippen LogP) is 2.41. The molecule has 0 radical (unpaired) electrons. The number of halogens is 1. The van der Waals surface area contributed by atoms with Crippen molar-refractivity contribution in [1.29, 1.82) is 0 Å². The molecule has 0 aliphatic carbocycles. The van der Waals surface area contributed by atoms with Gasteiger partial charge in [0.15, 0.2) is 11.6 Å². The molecule has 1 saturated heterocycles. The second-order valence-corrected chi connectivity index (χ2v) is 6.20. The van der Waals surface area contributed by atoms with E-state index in [0.29, 0.717) is 17.0 Å². The van der Waals surface area contributed by atoms with E-state index < -0.39 is 12.0 Å². The average molecular weight is 346 g/mol. The molecule has 3 atom stereocenters. The Bertz CT molecular complexity index is 738. The van der Waals surface area contributed by atoms with Crippen LogP contribution in [-0.2, 0) is 14.3 Å². The largest absolute Gasteiger partial charge is 0.469 e. The molecule has 2 bridgehead atoms. The van der Waals surface area contributed by atoms with Gasteiger partial charge in [0.2, 0.25) is 0 Å².